The first-order valence-electron chi connectivity index (χ1n) is 8.35. The van der Waals surface area contributed by atoms with Crippen molar-refractivity contribution in [1.29, 1.82) is 0 Å². The molecule has 0 aliphatic heterocycles. The molecule has 0 spiro atoms. The van der Waals surface area contributed by atoms with Gasteiger partial charge in [-0.15, -0.1) is 0 Å². The topological polar surface area (TPSA) is 60.9 Å². The molecule has 0 unspecified atom stereocenters. The lowest BCUT2D eigenvalue weighted by Crippen LogP contribution is -2.12. The van der Waals surface area contributed by atoms with Crippen LogP contribution in [0.25, 0.3) is 11.3 Å². The van der Waals surface area contributed by atoms with Crippen molar-refractivity contribution in [2.45, 2.75) is 19.5 Å². The molecule has 8 heteroatoms. The Labute approximate surface area is 158 Å². The maximum absolute atomic E-state index is 13.6. The molecule has 0 fully saturated rings. The predicted molar refractivity (Wildman–Crippen MR) is 96.1 cm³/mol. The molecule has 2 aromatic carbocycles. The van der Waals surface area contributed by atoms with Crippen molar-refractivity contribution < 1.29 is 22.4 Å². The van der Waals surface area contributed by atoms with E-state index in [2.05, 4.69) is 5.10 Å². The molecule has 146 valence electrons. The molecule has 0 atom stereocenters. The number of aromatic nitrogens is 2. The van der Waals surface area contributed by atoms with E-state index in [9.17, 15) is 22.4 Å². The van der Waals surface area contributed by atoms with Crippen molar-refractivity contribution in [3.8, 4) is 11.3 Å². The van der Waals surface area contributed by atoms with Crippen LogP contribution in [0.1, 0.15) is 32.7 Å². The summed E-state index contributed by atoms with van der Waals surface area (Å²) in [7, 11) is 1.70. The second-order valence-corrected chi connectivity index (χ2v) is 6.56. The summed E-state index contributed by atoms with van der Waals surface area (Å²) in [5.41, 5.74) is 7.55. The monoisotopic (exact) mass is 391 g/mol. The SMILES string of the molecule is Cc1cc(-c2cc(Cc3cc(F)cc(C(F)(F)F)c3)nn2C)ccc1C(N)=O. The highest BCUT2D eigenvalue weighted by Crippen LogP contribution is 2.31. The van der Waals surface area contributed by atoms with Crippen LogP contribution in [0, 0.1) is 12.7 Å². The van der Waals surface area contributed by atoms with Crippen LogP contribution in [0.5, 0.6) is 0 Å². The Balaban J connectivity index is 1.92. The first-order valence-corrected chi connectivity index (χ1v) is 8.35. The lowest BCUT2D eigenvalue weighted by atomic mass is 10.0. The second-order valence-electron chi connectivity index (χ2n) is 6.56. The summed E-state index contributed by atoms with van der Waals surface area (Å²) in [6.45, 7) is 1.76. The summed E-state index contributed by atoms with van der Waals surface area (Å²) in [4.78, 5) is 11.4. The van der Waals surface area contributed by atoms with E-state index in [0.29, 0.717) is 28.6 Å². The highest BCUT2D eigenvalue weighted by molar-refractivity contribution is 5.94. The highest BCUT2D eigenvalue weighted by atomic mass is 19.4. The molecule has 0 aliphatic carbocycles. The van der Waals surface area contributed by atoms with E-state index in [4.69, 9.17) is 5.73 Å². The summed E-state index contributed by atoms with van der Waals surface area (Å²) in [6.07, 6.45) is -4.57. The number of rotatable bonds is 4. The van der Waals surface area contributed by atoms with E-state index in [1.165, 1.54) is 0 Å². The van der Waals surface area contributed by atoms with Gasteiger partial charge in [-0.2, -0.15) is 18.3 Å². The Hall–Kier alpha value is -3.16. The van der Waals surface area contributed by atoms with Crippen LogP contribution in [0.2, 0.25) is 0 Å². The normalized spacial score (nSPS) is 11.6. The number of hydrogen-bond donors (Lipinski definition) is 1. The Morgan fingerprint density at radius 3 is 2.46 bits per heavy atom. The summed E-state index contributed by atoms with van der Waals surface area (Å²) in [5, 5.41) is 4.31. The van der Waals surface area contributed by atoms with E-state index in [-0.39, 0.29) is 12.0 Å². The van der Waals surface area contributed by atoms with Gasteiger partial charge in [0.1, 0.15) is 5.82 Å². The molecule has 2 N–H and O–H groups in total. The van der Waals surface area contributed by atoms with Gasteiger partial charge in [-0.25, -0.2) is 4.39 Å². The lowest BCUT2D eigenvalue weighted by molar-refractivity contribution is -0.137. The maximum Gasteiger partial charge on any atom is 0.416 e. The van der Waals surface area contributed by atoms with Gasteiger partial charge >= 0.3 is 6.18 Å². The number of carbonyl (C=O) groups excluding carboxylic acids is 1. The Morgan fingerprint density at radius 2 is 1.86 bits per heavy atom. The summed E-state index contributed by atoms with van der Waals surface area (Å²) in [6, 6.07) is 9.29. The van der Waals surface area contributed by atoms with Gasteiger partial charge in [0, 0.05) is 24.6 Å². The van der Waals surface area contributed by atoms with E-state index in [0.717, 1.165) is 17.7 Å². The third-order valence-electron chi connectivity index (χ3n) is 4.39. The van der Waals surface area contributed by atoms with E-state index in [1.807, 2.05) is 0 Å². The molecule has 0 saturated carbocycles. The van der Waals surface area contributed by atoms with Gasteiger partial charge in [0.15, 0.2) is 0 Å². The van der Waals surface area contributed by atoms with Gasteiger partial charge in [0.2, 0.25) is 5.91 Å². The van der Waals surface area contributed by atoms with Gasteiger partial charge in [0.25, 0.3) is 0 Å². The van der Waals surface area contributed by atoms with Crippen molar-refractivity contribution in [3.05, 3.63) is 76.2 Å². The number of primary amides is 1. The molecule has 4 nitrogen and oxygen atoms in total. The maximum atomic E-state index is 13.6. The van der Waals surface area contributed by atoms with Gasteiger partial charge in [-0.05, 0) is 54.4 Å². The molecule has 0 radical (unpaired) electrons. The predicted octanol–water partition coefficient (Wildman–Crippen LogP) is 4.24. The summed E-state index contributed by atoms with van der Waals surface area (Å²) in [5.74, 6) is -1.47. The first-order chi connectivity index (χ1) is 13.0. The van der Waals surface area contributed by atoms with Gasteiger partial charge in [0.05, 0.1) is 17.0 Å². The van der Waals surface area contributed by atoms with E-state index < -0.39 is 23.5 Å². The van der Waals surface area contributed by atoms with E-state index in [1.54, 1.807) is 42.9 Å². The van der Waals surface area contributed by atoms with Crippen LogP contribution in [0.3, 0.4) is 0 Å². The number of alkyl halides is 3. The Bertz CT molecular complexity index is 1050. The van der Waals surface area contributed by atoms with Crippen molar-refractivity contribution in [3.63, 3.8) is 0 Å². The minimum atomic E-state index is -4.62. The molecular weight excluding hydrogens is 374 g/mol. The summed E-state index contributed by atoms with van der Waals surface area (Å²) < 4.78 is 53.8. The number of aryl methyl sites for hydroxylation is 2. The third-order valence-corrected chi connectivity index (χ3v) is 4.39. The standard InChI is InChI=1S/C20H17F4N3O/c1-11-5-13(3-4-17(11)19(25)28)18-10-16(26-27(18)2)8-12-6-14(20(22,23)24)9-15(21)7-12/h3-7,9-10H,8H2,1-2H3,(H2,25,28). The van der Waals surface area contributed by atoms with Crippen molar-refractivity contribution in [1.82, 2.24) is 9.78 Å². The number of benzene rings is 2. The second kappa shape index (κ2) is 7.10. The molecule has 0 bridgehead atoms. The zero-order valence-corrected chi connectivity index (χ0v) is 15.1. The van der Waals surface area contributed by atoms with Gasteiger partial charge in [-0.3, -0.25) is 9.48 Å². The average molecular weight is 391 g/mol. The lowest BCUT2D eigenvalue weighted by Gasteiger charge is -2.08. The Morgan fingerprint density at radius 1 is 1.14 bits per heavy atom. The first kappa shape index (κ1) is 19.6. The summed E-state index contributed by atoms with van der Waals surface area (Å²) >= 11 is 0. The average Bonchev–Trinajstić information content (AvgIpc) is 2.93. The fraction of sp³-hybridized carbons (Fsp3) is 0.200. The van der Waals surface area contributed by atoms with Crippen LogP contribution in [-0.4, -0.2) is 15.7 Å². The Kier molecular flexibility index (Phi) is 4.97. The van der Waals surface area contributed by atoms with Crippen molar-refractivity contribution >= 4 is 5.91 Å². The fourth-order valence-corrected chi connectivity index (χ4v) is 3.11. The quantitative estimate of drug-likeness (QED) is 0.676. The molecule has 1 amide bonds. The largest absolute Gasteiger partial charge is 0.416 e. The van der Waals surface area contributed by atoms with Crippen LogP contribution in [-0.2, 0) is 19.6 Å². The third kappa shape index (κ3) is 4.05. The number of amides is 1. The molecule has 28 heavy (non-hydrogen) atoms. The van der Waals surface area contributed by atoms with Gasteiger partial charge in [-0.1, -0.05) is 6.07 Å². The highest BCUT2D eigenvalue weighted by Gasteiger charge is 2.31. The molecule has 1 heterocycles. The number of hydrogen-bond acceptors (Lipinski definition) is 2. The zero-order chi connectivity index (χ0) is 20.6. The molecule has 0 saturated heterocycles. The molecular formula is C20H17F4N3O. The fourth-order valence-electron chi connectivity index (χ4n) is 3.11. The minimum Gasteiger partial charge on any atom is -0.366 e. The van der Waals surface area contributed by atoms with Crippen LogP contribution in [0.4, 0.5) is 17.6 Å². The molecule has 3 aromatic rings. The smallest absolute Gasteiger partial charge is 0.366 e. The number of nitrogens with zero attached hydrogens (tertiary/aromatic N) is 2. The van der Waals surface area contributed by atoms with Gasteiger partial charge < -0.3 is 5.73 Å². The minimum absolute atomic E-state index is 0.0486. The molecule has 0 aliphatic rings. The van der Waals surface area contributed by atoms with Crippen LogP contribution in [0.15, 0.2) is 42.5 Å². The molecule has 3 rings (SSSR count). The van der Waals surface area contributed by atoms with Crippen LogP contribution < -0.4 is 5.73 Å². The number of halogens is 4. The molecule has 1 aromatic heterocycles. The van der Waals surface area contributed by atoms with Crippen molar-refractivity contribution in [2.24, 2.45) is 12.8 Å². The van der Waals surface area contributed by atoms with Crippen LogP contribution >= 0.6 is 0 Å². The zero-order valence-electron chi connectivity index (χ0n) is 15.1. The number of carbonyl (C=O) groups is 1. The number of nitrogens with two attached hydrogens (primary N) is 1. The van der Waals surface area contributed by atoms with Crippen molar-refractivity contribution in [2.75, 3.05) is 0 Å². The van der Waals surface area contributed by atoms with E-state index >= 15 is 0 Å².